The Bertz CT molecular complexity index is 438. The molecule has 2 aromatic rings. The van der Waals surface area contributed by atoms with Crippen LogP contribution in [0, 0.1) is 0 Å². The molecule has 0 aliphatic carbocycles. The largest absolute Gasteiger partial charge is 0.304 e. The molecular formula is C11H16N6. The minimum Gasteiger partial charge on any atom is -0.304 e. The summed E-state index contributed by atoms with van der Waals surface area (Å²) in [5, 5.41) is 14.9. The third kappa shape index (κ3) is 3.32. The van der Waals surface area contributed by atoms with Crippen molar-refractivity contribution in [3.05, 3.63) is 35.9 Å². The number of aryl methyl sites for hydroxylation is 1. The van der Waals surface area contributed by atoms with Crippen LogP contribution in [0.25, 0.3) is 0 Å². The van der Waals surface area contributed by atoms with Crippen LogP contribution in [0.4, 0.5) is 0 Å². The van der Waals surface area contributed by atoms with Crippen LogP contribution in [-0.2, 0) is 19.6 Å². The summed E-state index contributed by atoms with van der Waals surface area (Å²) >= 11 is 0. The lowest BCUT2D eigenvalue weighted by Crippen LogP contribution is -2.17. The average molecular weight is 232 g/mol. The van der Waals surface area contributed by atoms with Crippen molar-refractivity contribution < 1.29 is 0 Å². The summed E-state index contributed by atoms with van der Waals surface area (Å²) in [5.41, 5.74) is 1.02. The Morgan fingerprint density at radius 1 is 1.29 bits per heavy atom. The monoisotopic (exact) mass is 232 g/mol. The molecule has 0 fully saturated rings. The fourth-order valence-electron chi connectivity index (χ4n) is 1.54. The molecule has 0 bridgehead atoms. The molecule has 0 radical (unpaired) electrons. The summed E-state index contributed by atoms with van der Waals surface area (Å²) in [7, 11) is 0. The fourth-order valence-corrected chi connectivity index (χ4v) is 1.54. The van der Waals surface area contributed by atoms with Gasteiger partial charge in [0, 0.05) is 19.3 Å². The highest BCUT2D eigenvalue weighted by atomic mass is 15.5. The number of aromatic nitrogens is 5. The zero-order chi connectivity index (χ0) is 11.9. The number of rotatable bonds is 6. The quantitative estimate of drug-likeness (QED) is 0.796. The second kappa shape index (κ2) is 6.05. The second-order valence-corrected chi connectivity index (χ2v) is 3.74. The molecule has 0 saturated carbocycles. The van der Waals surface area contributed by atoms with Crippen molar-refractivity contribution >= 4 is 0 Å². The molecule has 0 atom stereocenters. The maximum absolute atomic E-state index is 4.24. The van der Waals surface area contributed by atoms with Gasteiger partial charge in [-0.25, -0.2) is 4.68 Å². The van der Waals surface area contributed by atoms with Gasteiger partial charge in [0.25, 0.3) is 0 Å². The van der Waals surface area contributed by atoms with Gasteiger partial charge in [0.05, 0.1) is 12.2 Å². The molecule has 0 aromatic carbocycles. The Morgan fingerprint density at radius 3 is 3.00 bits per heavy atom. The first kappa shape index (κ1) is 11.7. The number of nitrogens with one attached hydrogen (secondary N) is 1. The lowest BCUT2D eigenvalue weighted by molar-refractivity contribution is 0.533. The van der Waals surface area contributed by atoms with Gasteiger partial charge in [0.15, 0.2) is 5.82 Å². The van der Waals surface area contributed by atoms with Gasteiger partial charge in [-0.3, -0.25) is 4.98 Å². The topological polar surface area (TPSA) is 68.5 Å². The summed E-state index contributed by atoms with van der Waals surface area (Å²) < 4.78 is 1.82. The van der Waals surface area contributed by atoms with Gasteiger partial charge in [0.1, 0.15) is 0 Å². The molecule has 90 valence electrons. The van der Waals surface area contributed by atoms with Crippen molar-refractivity contribution in [3.63, 3.8) is 0 Å². The van der Waals surface area contributed by atoms with E-state index in [-0.39, 0.29) is 0 Å². The van der Waals surface area contributed by atoms with Crippen LogP contribution in [0.3, 0.4) is 0 Å². The molecular weight excluding hydrogens is 216 g/mol. The zero-order valence-electron chi connectivity index (χ0n) is 9.87. The van der Waals surface area contributed by atoms with Crippen molar-refractivity contribution in [1.29, 1.82) is 0 Å². The van der Waals surface area contributed by atoms with Crippen molar-refractivity contribution in [2.75, 3.05) is 0 Å². The molecule has 0 spiro atoms. The standard InChI is InChI=1S/C11H16N6/c1-2-7-17-11(14-15-16-17)9-12-8-10-5-3-4-6-13-10/h3-6,12H,2,7-9H2,1H3. The van der Waals surface area contributed by atoms with Crippen LogP contribution in [0.1, 0.15) is 24.9 Å². The summed E-state index contributed by atoms with van der Waals surface area (Å²) in [6.07, 6.45) is 2.82. The van der Waals surface area contributed by atoms with Crippen molar-refractivity contribution in [2.45, 2.75) is 33.0 Å². The minimum atomic E-state index is 0.656. The highest BCUT2D eigenvalue weighted by Crippen LogP contribution is 1.96. The van der Waals surface area contributed by atoms with E-state index in [0.717, 1.165) is 31.0 Å². The van der Waals surface area contributed by atoms with Crippen LogP contribution in [0.5, 0.6) is 0 Å². The highest BCUT2D eigenvalue weighted by Gasteiger charge is 2.04. The fraction of sp³-hybridized carbons (Fsp3) is 0.455. The Balaban J connectivity index is 1.84. The van der Waals surface area contributed by atoms with E-state index >= 15 is 0 Å². The smallest absolute Gasteiger partial charge is 0.165 e. The predicted molar refractivity (Wildman–Crippen MR) is 62.9 cm³/mol. The first-order valence-corrected chi connectivity index (χ1v) is 5.76. The highest BCUT2D eigenvalue weighted by molar-refractivity contribution is 5.03. The van der Waals surface area contributed by atoms with E-state index in [1.807, 2.05) is 22.9 Å². The normalized spacial score (nSPS) is 10.6. The molecule has 0 unspecified atom stereocenters. The molecule has 0 amide bonds. The van der Waals surface area contributed by atoms with Gasteiger partial charge in [-0.2, -0.15) is 0 Å². The molecule has 0 aliphatic heterocycles. The van der Waals surface area contributed by atoms with Gasteiger partial charge in [-0.05, 0) is 29.0 Å². The Hall–Kier alpha value is -1.82. The molecule has 6 heteroatoms. The van der Waals surface area contributed by atoms with Gasteiger partial charge in [-0.15, -0.1) is 5.10 Å². The SMILES string of the molecule is CCCn1nnnc1CNCc1ccccn1. The van der Waals surface area contributed by atoms with Crippen molar-refractivity contribution in [3.8, 4) is 0 Å². The van der Waals surface area contributed by atoms with Crippen LogP contribution in [0.15, 0.2) is 24.4 Å². The van der Waals surface area contributed by atoms with Crippen LogP contribution in [-0.4, -0.2) is 25.2 Å². The Kier molecular flexibility index (Phi) is 4.15. The lowest BCUT2D eigenvalue weighted by atomic mass is 10.3. The van der Waals surface area contributed by atoms with Crippen LogP contribution >= 0.6 is 0 Å². The van der Waals surface area contributed by atoms with Gasteiger partial charge >= 0.3 is 0 Å². The molecule has 17 heavy (non-hydrogen) atoms. The summed E-state index contributed by atoms with van der Waals surface area (Å²) in [5.74, 6) is 0.864. The zero-order valence-corrected chi connectivity index (χ0v) is 9.87. The first-order chi connectivity index (χ1) is 8.40. The van der Waals surface area contributed by atoms with E-state index in [0.29, 0.717) is 6.54 Å². The number of pyridine rings is 1. The molecule has 2 rings (SSSR count). The number of hydrogen-bond acceptors (Lipinski definition) is 5. The van der Waals surface area contributed by atoms with Gasteiger partial charge in [-0.1, -0.05) is 13.0 Å². The van der Waals surface area contributed by atoms with E-state index in [1.54, 1.807) is 6.20 Å². The van der Waals surface area contributed by atoms with E-state index < -0.39 is 0 Å². The summed E-state index contributed by atoms with van der Waals surface area (Å²) in [6, 6.07) is 5.87. The molecule has 1 N–H and O–H groups in total. The second-order valence-electron chi connectivity index (χ2n) is 3.74. The Labute approximate surface area is 100 Å². The Morgan fingerprint density at radius 2 is 2.24 bits per heavy atom. The molecule has 0 aliphatic rings. The maximum atomic E-state index is 4.24. The van der Waals surface area contributed by atoms with E-state index in [9.17, 15) is 0 Å². The third-order valence-corrected chi connectivity index (χ3v) is 2.36. The minimum absolute atomic E-state index is 0.656. The molecule has 2 aromatic heterocycles. The number of nitrogens with zero attached hydrogens (tertiary/aromatic N) is 5. The third-order valence-electron chi connectivity index (χ3n) is 2.36. The molecule has 2 heterocycles. The molecule has 0 saturated heterocycles. The average Bonchev–Trinajstić information content (AvgIpc) is 2.79. The number of tetrazole rings is 1. The van der Waals surface area contributed by atoms with E-state index in [1.165, 1.54) is 0 Å². The van der Waals surface area contributed by atoms with Gasteiger partial charge in [0.2, 0.25) is 0 Å². The molecule has 6 nitrogen and oxygen atoms in total. The van der Waals surface area contributed by atoms with Crippen LogP contribution < -0.4 is 5.32 Å². The first-order valence-electron chi connectivity index (χ1n) is 5.76. The van der Waals surface area contributed by atoms with E-state index in [4.69, 9.17) is 0 Å². The predicted octanol–water partition coefficient (Wildman–Crippen LogP) is 0.768. The van der Waals surface area contributed by atoms with E-state index in [2.05, 4.69) is 32.7 Å². The number of hydrogen-bond donors (Lipinski definition) is 1. The summed E-state index contributed by atoms with van der Waals surface area (Å²) in [6.45, 7) is 4.34. The van der Waals surface area contributed by atoms with Crippen LogP contribution in [0.2, 0.25) is 0 Å². The lowest BCUT2D eigenvalue weighted by Gasteiger charge is -2.04. The maximum Gasteiger partial charge on any atom is 0.165 e. The van der Waals surface area contributed by atoms with Gasteiger partial charge < -0.3 is 5.32 Å². The summed E-state index contributed by atoms with van der Waals surface area (Å²) in [4.78, 5) is 4.24. The van der Waals surface area contributed by atoms with Crippen molar-refractivity contribution in [1.82, 2.24) is 30.5 Å². The van der Waals surface area contributed by atoms with Crippen molar-refractivity contribution in [2.24, 2.45) is 0 Å².